The number of halogens is 1. The molecule has 0 aliphatic heterocycles. The summed E-state index contributed by atoms with van der Waals surface area (Å²) in [6.07, 6.45) is 4.94. The normalized spacial score (nSPS) is 10.6. The third-order valence-electron chi connectivity index (χ3n) is 3.05. The minimum Gasteiger partial charge on any atom is -0.359 e. The second-order valence-electron chi connectivity index (χ2n) is 4.67. The van der Waals surface area contributed by atoms with E-state index in [-0.39, 0.29) is 19.0 Å². The number of carbonyl (C=O) groups excluding carboxylic acids is 1. The Balaban J connectivity index is 1.60. The zero-order valence-corrected chi connectivity index (χ0v) is 12.3. The van der Waals surface area contributed by atoms with Crippen molar-refractivity contribution in [3.05, 3.63) is 59.8 Å². The average molecular weight is 317 g/mol. The van der Waals surface area contributed by atoms with Crippen LogP contribution in [0.5, 0.6) is 0 Å². The first-order chi connectivity index (χ1) is 10.7. The molecule has 3 rings (SSSR count). The molecule has 112 valence electrons. The van der Waals surface area contributed by atoms with Gasteiger partial charge in [0, 0.05) is 24.0 Å². The lowest BCUT2D eigenvalue weighted by Crippen LogP contribution is -2.26. The predicted molar refractivity (Wildman–Crippen MR) is 81.0 cm³/mol. The van der Waals surface area contributed by atoms with Crippen LogP contribution in [-0.4, -0.2) is 20.6 Å². The van der Waals surface area contributed by atoms with Gasteiger partial charge in [0.05, 0.1) is 17.9 Å². The monoisotopic (exact) mass is 316 g/mol. The van der Waals surface area contributed by atoms with Crippen LogP contribution < -0.4 is 5.32 Å². The highest BCUT2D eigenvalue weighted by Gasteiger charge is 2.10. The Bertz CT molecular complexity index is 767. The molecule has 0 saturated heterocycles. The number of rotatable bonds is 5. The lowest BCUT2D eigenvalue weighted by Gasteiger charge is -2.02. The maximum atomic E-state index is 11.8. The molecule has 3 aromatic rings. The molecule has 0 radical (unpaired) electrons. The van der Waals surface area contributed by atoms with Gasteiger partial charge in [0.25, 0.3) is 0 Å². The van der Waals surface area contributed by atoms with E-state index >= 15 is 0 Å². The van der Waals surface area contributed by atoms with Crippen LogP contribution in [0.1, 0.15) is 5.76 Å². The fourth-order valence-electron chi connectivity index (χ4n) is 1.98. The van der Waals surface area contributed by atoms with Crippen molar-refractivity contribution >= 4 is 17.5 Å². The Kier molecular flexibility index (Phi) is 4.20. The number of carbonyl (C=O) groups is 1. The minimum absolute atomic E-state index is 0.131. The van der Waals surface area contributed by atoms with Gasteiger partial charge in [0.15, 0.2) is 5.76 Å². The fourth-order valence-corrected chi connectivity index (χ4v) is 2.21. The molecular weight excluding hydrogens is 304 g/mol. The number of nitrogens with one attached hydrogen (secondary N) is 1. The number of aromatic nitrogens is 3. The lowest BCUT2D eigenvalue weighted by atomic mass is 10.1. The SMILES string of the molecule is O=C(Cn1ccnc1)NCc1cc(-c2ccccc2Cl)no1. The lowest BCUT2D eigenvalue weighted by molar-refractivity contribution is -0.121. The van der Waals surface area contributed by atoms with E-state index in [1.54, 1.807) is 35.4 Å². The van der Waals surface area contributed by atoms with Crippen molar-refractivity contribution in [1.29, 1.82) is 0 Å². The summed E-state index contributed by atoms with van der Waals surface area (Å²) in [7, 11) is 0. The Morgan fingerprint density at radius 1 is 1.36 bits per heavy atom. The van der Waals surface area contributed by atoms with Gasteiger partial charge in [0.2, 0.25) is 5.91 Å². The van der Waals surface area contributed by atoms with Crippen molar-refractivity contribution in [2.24, 2.45) is 0 Å². The highest BCUT2D eigenvalue weighted by molar-refractivity contribution is 6.33. The molecule has 7 heteroatoms. The Labute approximate surface area is 131 Å². The highest BCUT2D eigenvalue weighted by Crippen LogP contribution is 2.26. The van der Waals surface area contributed by atoms with Gasteiger partial charge in [-0.2, -0.15) is 0 Å². The largest absolute Gasteiger partial charge is 0.359 e. The predicted octanol–water partition coefficient (Wildman–Crippen LogP) is 2.51. The second-order valence-corrected chi connectivity index (χ2v) is 5.08. The molecule has 0 unspecified atom stereocenters. The summed E-state index contributed by atoms with van der Waals surface area (Å²) in [6.45, 7) is 0.483. The Hall–Kier alpha value is -2.60. The average Bonchev–Trinajstić information content (AvgIpc) is 3.17. The molecule has 0 saturated carbocycles. The number of amides is 1. The van der Waals surface area contributed by atoms with Crippen molar-refractivity contribution in [2.45, 2.75) is 13.1 Å². The van der Waals surface area contributed by atoms with Crippen molar-refractivity contribution in [2.75, 3.05) is 0 Å². The fraction of sp³-hybridized carbons (Fsp3) is 0.133. The molecule has 0 atom stereocenters. The van der Waals surface area contributed by atoms with E-state index in [2.05, 4.69) is 15.5 Å². The van der Waals surface area contributed by atoms with E-state index < -0.39 is 0 Å². The molecule has 2 heterocycles. The number of imidazole rings is 1. The molecule has 0 aliphatic rings. The van der Waals surface area contributed by atoms with Crippen LogP contribution in [0.3, 0.4) is 0 Å². The van der Waals surface area contributed by atoms with Crippen molar-refractivity contribution in [1.82, 2.24) is 20.0 Å². The van der Waals surface area contributed by atoms with E-state index in [0.717, 1.165) is 5.56 Å². The summed E-state index contributed by atoms with van der Waals surface area (Å²) in [5, 5.41) is 7.34. The molecule has 6 nitrogen and oxygen atoms in total. The van der Waals surface area contributed by atoms with E-state index in [4.69, 9.17) is 16.1 Å². The maximum Gasteiger partial charge on any atom is 0.240 e. The molecule has 1 aromatic carbocycles. The van der Waals surface area contributed by atoms with Crippen LogP contribution in [-0.2, 0) is 17.9 Å². The minimum atomic E-state index is -0.131. The van der Waals surface area contributed by atoms with Gasteiger partial charge in [-0.05, 0) is 6.07 Å². The van der Waals surface area contributed by atoms with Crippen molar-refractivity contribution < 1.29 is 9.32 Å². The summed E-state index contributed by atoms with van der Waals surface area (Å²) in [4.78, 5) is 15.7. The van der Waals surface area contributed by atoms with Crippen molar-refractivity contribution in [3.8, 4) is 11.3 Å². The van der Waals surface area contributed by atoms with E-state index in [1.807, 2.05) is 18.2 Å². The molecule has 1 N–H and O–H groups in total. The summed E-state index contributed by atoms with van der Waals surface area (Å²) < 4.78 is 6.90. The summed E-state index contributed by atoms with van der Waals surface area (Å²) >= 11 is 6.11. The first-order valence-corrected chi connectivity index (χ1v) is 7.03. The van der Waals surface area contributed by atoms with Crippen LogP contribution in [0.4, 0.5) is 0 Å². The molecule has 0 spiro atoms. The van der Waals surface area contributed by atoms with Crippen LogP contribution >= 0.6 is 11.6 Å². The molecule has 0 aliphatic carbocycles. The molecule has 1 amide bonds. The maximum absolute atomic E-state index is 11.8. The van der Waals surface area contributed by atoms with Crippen LogP contribution in [0.25, 0.3) is 11.3 Å². The topological polar surface area (TPSA) is 73.0 Å². The van der Waals surface area contributed by atoms with Gasteiger partial charge >= 0.3 is 0 Å². The second kappa shape index (κ2) is 6.44. The summed E-state index contributed by atoms with van der Waals surface area (Å²) in [5.41, 5.74) is 1.44. The first kappa shape index (κ1) is 14.3. The highest BCUT2D eigenvalue weighted by atomic mass is 35.5. The Morgan fingerprint density at radius 3 is 3.00 bits per heavy atom. The van der Waals surface area contributed by atoms with Crippen LogP contribution in [0, 0.1) is 0 Å². The van der Waals surface area contributed by atoms with Gasteiger partial charge in [-0.25, -0.2) is 4.98 Å². The zero-order chi connectivity index (χ0) is 15.4. The summed E-state index contributed by atoms with van der Waals surface area (Å²) in [6, 6.07) is 9.14. The standard InChI is InChI=1S/C15H13ClN4O2/c16-13-4-2-1-3-12(13)14-7-11(22-19-14)8-18-15(21)9-20-6-5-17-10-20/h1-7,10H,8-9H2,(H,18,21). The third-order valence-corrected chi connectivity index (χ3v) is 3.38. The number of hydrogen-bond donors (Lipinski definition) is 1. The third kappa shape index (κ3) is 3.35. The van der Waals surface area contributed by atoms with Gasteiger partial charge in [-0.1, -0.05) is 35.0 Å². The van der Waals surface area contributed by atoms with Gasteiger partial charge in [-0.3, -0.25) is 4.79 Å². The molecule has 0 bridgehead atoms. The van der Waals surface area contributed by atoms with Crippen LogP contribution in [0.15, 0.2) is 53.6 Å². The smallest absolute Gasteiger partial charge is 0.240 e. The molecular formula is C15H13ClN4O2. The quantitative estimate of drug-likeness (QED) is 0.785. The zero-order valence-electron chi connectivity index (χ0n) is 11.6. The van der Waals surface area contributed by atoms with Crippen LogP contribution in [0.2, 0.25) is 5.02 Å². The van der Waals surface area contributed by atoms with Gasteiger partial charge < -0.3 is 14.4 Å². The van der Waals surface area contributed by atoms with Gasteiger partial charge in [-0.15, -0.1) is 0 Å². The molecule has 0 fully saturated rings. The number of nitrogens with zero attached hydrogens (tertiary/aromatic N) is 3. The first-order valence-electron chi connectivity index (χ1n) is 6.65. The van der Waals surface area contributed by atoms with E-state index in [1.165, 1.54) is 0 Å². The molecule has 22 heavy (non-hydrogen) atoms. The summed E-state index contributed by atoms with van der Waals surface area (Å²) in [5.74, 6) is 0.433. The number of hydrogen-bond acceptors (Lipinski definition) is 4. The molecule has 2 aromatic heterocycles. The number of benzene rings is 1. The van der Waals surface area contributed by atoms with Crippen molar-refractivity contribution in [3.63, 3.8) is 0 Å². The van der Waals surface area contributed by atoms with E-state index in [0.29, 0.717) is 16.5 Å². The Morgan fingerprint density at radius 2 is 2.23 bits per heavy atom. The van der Waals surface area contributed by atoms with E-state index in [9.17, 15) is 4.79 Å². The van der Waals surface area contributed by atoms with Gasteiger partial charge in [0.1, 0.15) is 12.2 Å².